The molecule has 1 aliphatic rings. The molecule has 7 nitrogen and oxygen atoms in total. The van der Waals surface area contributed by atoms with Crippen LogP contribution < -0.4 is 10.6 Å². The van der Waals surface area contributed by atoms with Crippen LogP contribution in [-0.4, -0.2) is 44.8 Å². The molecule has 1 aromatic carbocycles. The van der Waals surface area contributed by atoms with Crippen LogP contribution in [0.25, 0.3) is 11.0 Å². The van der Waals surface area contributed by atoms with Gasteiger partial charge in [0.15, 0.2) is 0 Å². The second-order valence-corrected chi connectivity index (χ2v) is 6.55. The molecule has 3 aromatic rings. The van der Waals surface area contributed by atoms with E-state index in [1.165, 1.54) is 24.5 Å². The average molecular weight is 369 g/mol. The Hall–Kier alpha value is -3.12. The van der Waals surface area contributed by atoms with Crippen molar-refractivity contribution >= 4 is 17.0 Å². The van der Waals surface area contributed by atoms with Crippen LogP contribution in [0, 0.1) is 17.1 Å². The largest absolute Gasteiger partial charge is 0.340 e. The first-order chi connectivity index (χ1) is 13.0. The zero-order valence-electron chi connectivity index (χ0n) is 14.4. The van der Waals surface area contributed by atoms with Crippen LogP contribution >= 0.6 is 0 Å². The van der Waals surface area contributed by atoms with Gasteiger partial charge in [-0.25, -0.2) is 23.7 Å². The van der Waals surface area contributed by atoms with Gasteiger partial charge in [0, 0.05) is 25.5 Å². The summed E-state index contributed by atoms with van der Waals surface area (Å²) in [5.41, 5.74) is 7.46. The Morgan fingerprint density at radius 3 is 2.78 bits per heavy atom. The van der Waals surface area contributed by atoms with Crippen LogP contribution in [0.5, 0.6) is 0 Å². The fourth-order valence-electron chi connectivity index (χ4n) is 3.25. The normalized spacial score (nSPS) is 20.0. The SMILES string of the molecule is N#Cc1cnc(Cn2c(N3CC[C@@H](F)[C@H](N)C3)nc3ccc(F)cc32)nc1. The number of nitrogens with two attached hydrogens (primary N) is 1. The first-order valence-corrected chi connectivity index (χ1v) is 8.56. The summed E-state index contributed by atoms with van der Waals surface area (Å²) < 4.78 is 29.4. The smallest absolute Gasteiger partial charge is 0.207 e. The monoisotopic (exact) mass is 369 g/mol. The van der Waals surface area contributed by atoms with E-state index in [0.29, 0.717) is 47.9 Å². The number of aromatic nitrogens is 4. The minimum atomic E-state index is -1.04. The zero-order valence-corrected chi connectivity index (χ0v) is 14.4. The van der Waals surface area contributed by atoms with Crippen LogP contribution in [0.4, 0.5) is 14.7 Å². The van der Waals surface area contributed by atoms with E-state index in [1.54, 1.807) is 10.6 Å². The summed E-state index contributed by atoms with van der Waals surface area (Å²) >= 11 is 0. The van der Waals surface area contributed by atoms with Gasteiger partial charge in [-0.1, -0.05) is 0 Å². The van der Waals surface area contributed by atoms with Crippen molar-refractivity contribution in [2.45, 2.75) is 25.2 Å². The van der Waals surface area contributed by atoms with E-state index in [0.717, 1.165) is 0 Å². The number of benzene rings is 1. The number of nitriles is 1. The number of rotatable bonds is 3. The third-order valence-electron chi connectivity index (χ3n) is 4.68. The molecule has 2 N–H and O–H groups in total. The van der Waals surface area contributed by atoms with Gasteiger partial charge in [-0.3, -0.25) is 0 Å². The molecule has 2 aromatic heterocycles. The lowest BCUT2D eigenvalue weighted by molar-refractivity contribution is 0.243. The third kappa shape index (κ3) is 3.31. The van der Waals surface area contributed by atoms with Crippen LogP contribution in [0.1, 0.15) is 17.8 Å². The molecule has 1 saturated heterocycles. The molecule has 0 aliphatic carbocycles. The van der Waals surface area contributed by atoms with Crippen molar-refractivity contribution < 1.29 is 8.78 Å². The van der Waals surface area contributed by atoms with Crippen molar-refractivity contribution in [2.75, 3.05) is 18.0 Å². The molecule has 0 unspecified atom stereocenters. The number of nitrogens with zero attached hydrogens (tertiary/aromatic N) is 6. The minimum absolute atomic E-state index is 0.242. The Bertz CT molecular complexity index is 1010. The van der Waals surface area contributed by atoms with Gasteiger partial charge >= 0.3 is 0 Å². The van der Waals surface area contributed by atoms with Gasteiger partial charge in [0.25, 0.3) is 0 Å². The van der Waals surface area contributed by atoms with Crippen molar-refractivity contribution in [3.63, 3.8) is 0 Å². The molecule has 138 valence electrons. The molecule has 0 amide bonds. The molecule has 3 heterocycles. The Labute approximate surface area is 154 Å². The maximum absolute atomic E-state index is 13.8. The fraction of sp³-hybridized carbons (Fsp3) is 0.333. The highest BCUT2D eigenvalue weighted by atomic mass is 19.1. The summed E-state index contributed by atoms with van der Waals surface area (Å²) in [4.78, 5) is 14.9. The van der Waals surface area contributed by atoms with E-state index in [2.05, 4.69) is 15.0 Å². The number of piperidine rings is 1. The highest BCUT2D eigenvalue weighted by Gasteiger charge is 2.29. The van der Waals surface area contributed by atoms with Gasteiger partial charge in [-0.2, -0.15) is 5.26 Å². The van der Waals surface area contributed by atoms with Gasteiger partial charge in [-0.15, -0.1) is 0 Å². The standard InChI is InChI=1S/C18H17F2N7/c19-12-1-2-15-16(5-12)27(10-17-23-7-11(6-21)8-24-17)18(25-15)26-4-3-13(20)14(22)9-26/h1-2,5,7-8,13-14H,3-4,9-10,22H2/t13-,14-/m1/s1. The Morgan fingerprint density at radius 1 is 1.30 bits per heavy atom. The third-order valence-corrected chi connectivity index (χ3v) is 4.68. The van der Waals surface area contributed by atoms with Crippen molar-refractivity contribution in [3.8, 4) is 6.07 Å². The lowest BCUT2D eigenvalue weighted by atomic mass is 10.1. The predicted molar refractivity (Wildman–Crippen MR) is 95.2 cm³/mol. The maximum atomic E-state index is 13.8. The molecule has 0 bridgehead atoms. The van der Waals surface area contributed by atoms with Crippen molar-refractivity contribution in [2.24, 2.45) is 5.73 Å². The van der Waals surface area contributed by atoms with E-state index in [4.69, 9.17) is 11.0 Å². The number of alkyl halides is 1. The minimum Gasteiger partial charge on any atom is -0.340 e. The van der Waals surface area contributed by atoms with E-state index in [9.17, 15) is 8.78 Å². The molecular weight excluding hydrogens is 352 g/mol. The van der Waals surface area contributed by atoms with Gasteiger partial charge in [0.1, 0.15) is 23.9 Å². The van der Waals surface area contributed by atoms with E-state index >= 15 is 0 Å². The van der Waals surface area contributed by atoms with Gasteiger partial charge in [-0.05, 0) is 24.6 Å². The van der Waals surface area contributed by atoms with Crippen LogP contribution in [0.15, 0.2) is 30.6 Å². The summed E-state index contributed by atoms with van der Waals surface area (Å²) in [6.45, 7) is 1.03. The zero-order chi connectivity index (χ0) is 19.0. The van der Waals surface area contributed by atoms with E-state index in [1.807, 2.05) is 11.0 Å². The highest BCUT2D eigenvalue weighted by Crippen LogP contribution is 2.27. The van der Waals surface area contributed by atoms with E-state index < -0.39 is 12.2 Å². The maximum Gasteiger partial charge on any atom is 0.207 e. The molecule has 0 spiro atoms. The Balaban J connectivity index is 1.76. The number of hydrogen-bond acceptors (Lipinski definition) is 6. The Morgan fingerprint density at radius 2 is 2.07 bits per heavy atom. The highest BCUT2D eigenvalue weighted by molar-refractivity contribution is 5.79. The lowest BCUT2D eigenvalue weighted by Crippen LogP contribution is -2.50. The molecule has 1 aliphatic heterocycles. The Kier molecular flexibility index (Phi) is 4.41. The molecule has 0 radical (unpaired) electrons. The summed E-state index contributed by atoms with van der Waals surface area (Å²) in [7, 11) is 0. The van der Waals surface area contributed by atoms with Gasteiger partial charge < -0.3 is 15.2 Å². The summed E-state index contributed by atoms with van der Waals surface area (Å²) in [5.74, 6) is 0.657. The number of imidazole rings is 1. The number of fused-ring (bicyclic) bond motifs is 1. The molecular formula is C18H17F2N7. The molecule has 9 heteroatoms. The van der Waals surface area contributed by atoms with Crippen molar-refractivity contribution in [3.05, 3.63) is 47.8 Å². The molecule has 2 atom stereocenters. The van der Waals surface area contributed by atoms with Crippen molar-refractivity contribution in [1.29, 1.82) is 5.26 Å². The van der Waals surface area contributed by atoms with Gasteiger partial charge in [0.2, 0.25) is 5.95 Å². The molecule has 27 heavy (non-hydrogen) atoms. The first-order valence-electron chi connectivity index (χ1n) is 8.56. The quantitative estimate of drug-likeness (QED) is 0.756. The molecule has 1 fully saturated rings. The summed E-state index contributed by atoms with van der Waals surface area (Å²) in [6, 6.07) is 5.72. The van der Waals surface area contributed by atoms with Crippen molar-refractivity contribution in [1.82, 2.24) is 19.5 Å². The summed E-state index contributed by atoms with van der Waals surface area (Å²) in [5, 5.41) is 8.88. The number of halogens is 2. The second-order valence-electron chi connectivity index (χ2n) is 6.55. The fourth-order valence-corrected chi connectivity index (χ4v) is 3.25. The van der Waals surface area contributed by atoms with Crippen LogP contribution in [-0.2, 0) is 6.54 Å². The van der Waals surface area contributed by atoms with Gasteiger partial charge in [0.05, 0.1) is 29.2 Å². The van der Waals surface area contributed by atoms with E-state index in [-0.39, 0.29) is 12.4 Å². The lowest BCUT2D eigenvalue weighted by Gasteiger charge is -2.34. The second kappa shape index (κ2) is 6.89. The molecule has 4 rings (SSSR count). The predicted octanol–water partition coefficient (Wildman–Crippen LogP) is 1.76. The number of anilines is 1. The first kappa shape index (κ1) is 17.3. The summed E-state index contributed by atoms with van der Waals surface area (Å²) in [6.07, 6.45) is 2.14. The topological polar surface area (TPSA) is 96.7 Å². The van der Waals surface area contributed by atoms with Crippen LogP contribution in [0.3, 0.4) is 0 Å². The number of hydrogen-bond donors (Lipinski definition) is 1. The average Bonchev–Trinajstić information content (AvgIpc) is 3.02. The molecule has 0 saturated carbocycles. The van der Waals surface area contributed by atoms with Crippen LogP contribution in [0.2, 0.25) is 0 Å².